The molecule has 1 aromatic rings. The van der Waals surface area contributed by atoms with Gasteiger partial charge in [-0.2, -0.15) is 0 Å². The molecular weight excluding hydrogens is 376 g/mol. The van der Waals surface area contributed by atoms with Crippen LogP contribution >= 0.6 is 11.8 Å². The number of hydrogen-bond donors (Lipinski definition) is 0. The first-order chi connectivity index (χ1) is 13.3. The van der Waals surface area contributed by atoms with Gasteiger partial charge in [-0.05, 0) is 29.5 Å². The SMILES string of the molecule is COc1ccc(C2C3=C(CC(C)(C)CC3=O)N=C3SCCC(=O)N32)cc1OC. The highest BCUT2D eigenvalue weighted by Crippen LogP contribution is 2.48. The van der Waals surface area contributed by atoms with E-state index in [4.69, 9.17) is 14.5 Å². The molecule has 1 amide bonds. The predicted molar refractivity (Wildman–Crippen MR) is 109 cm³/mol. The smallest absolute Gasteiger partial charge is 0.230 e. The number of amides is 1. The average molecular weight is 401 g/mol. The number of hydrogen-bond acceptors (Lipinski definition) is 6. The summed E-state index contributed by atoms with van der Waals surface area (Å²) in [5.41, 5.74) is 2.16. The van der Waals surface area contributed by atoms with Crippen molar-refractivity contribution in [1.29, 1.82) is 0 Å². The summed E-state index contributed by atoms with van der Waals surface area (Å²) in [4.78, 5) is 32.5. The number of benzene rings is 1. The second kappa shape index (κ2) is 6.95. The summed E-state index contributed by atoms with van der Waals surface area (Å²) in [6.07, 6.45) is 1.62. The number of ether oxygens (including phenoxy) is 2. The number of Topliss-reactive ketones (excluding diaryl/α,β-unsaturated/α-hetero) is 1. The third-order valence-corrected chi connectivity index (χ3v) is 6.36. The van der Waals surface area contributed by atoms with E-state index in [2.05, 4.69) is 13.8 Å². The molecule has 2 heterocycles. The fraction of sp³-hybridized carbons (Fsp3) is 0.476. The topological polar surface area (TPSA) is 68.2 Å². The molecule has 3 aliphatic rings. The standard InChI is InChI=1S/C21H24N2O4S/c1-21(2)10-13-18(14(24)11-21)19(23-17(25)7-8-28-20(23)22-13)12-5-6-15(26-3)16(9-12)27-4/h5-6,9,19H,7-8,10-11H2,1-4H3. The third kappa shape index (κ3) is 3.11. The monoisotopic (exact) mass is 400 g/mol. The summed E-state index contributed by atoms with van der Waals surface area (Å²) in [5, 5.41) is 0.695. The molecule has 2 aliphatic heterocycles. The van der Waals surface area contributed by atoms with Gasteiger partial charge < -0.3 is 9.47 Å². The summed E-state index contributed by atoms with van der Waals surface area (Å²) < 4.78 is 10.8. The van der Waals surface area contributed by atoms with Gasteiger partial charge in [-0.25, -0.2) is 4.99 Å². The molecule has 6 nitrogen and oxygen atoms in total. The van der Waals surface area contributed by atoms with Crippen molar-refractivity contribution in [3.05, 3.63) is 35.0 Å². The van der Waals surface area contributed by atoms with Gasteiger partial charge in [-0.3, -0.25) is 14.5 Å². The minimum Gasteiger partial charge on any atom is -0.493 e. The van der Waals surface area contributed by atoms with Crippen LogP contribution in [0.2, 0.25) is 0 Å². The quantitative estimate of drug-likeness (QED) is 0.773. The van der Waals surface area contributed by atoms with Crippen LogP contribution in [0.3, 0.4) is 0 Å². The largest absolute Gasteiger partial charge is 0.493 e. The van der Waals surface area contributed by atoms with Crippen molar-refractivity contribution in [2.24, 2.45) is 10.4 Å². The Kier molecular flexibility index (Phi) is 4.73. The second-order valence-electron chi connectivity index (χ2n) is 8.07. The fourth-order valence-corrected chi connectivity index (χ4v) is 5.14. The first kappa shape index (κ1) is 19.1. The first-order valence-electron chi connectivity index (χ1n) is 9.36. The van der Waals surface area contributed by atoms with Crippen molar-refractivity contribution in [2.45, 2.75) is 39.2 Å². The second-order valence-corrected chi connectivity index (χ2v) is 9.14. The molecule has 1 aliphatic carbocycles. The lowest BCUT2D eigenvalue weighted by molar-refractivity contribution is -0.128. The summed E-state index contributed by atoms with van der Waals surface area (Å²) in [6, 6.07) is 5.11. The van der Waals surface area contributed by atoms with Gasteiger partial charge in [-0.1, -0.05) is 31.7 Å². The van der Waals surface area contributed by atoms with Crippen LogP contribution in [-0.4, -0.2) is 41.7 Å². The zero-order valence-corrected chi connectivity index (χ0v) is 17.4. The Labute approximate surface area is 169 Å². The zero-order chi connectivity index (χ0) is 20.1. The van der Waals surface area contributed by atoms with Crippen LogP contribution in [0.4, 0.5) is 0 Å². The Bertz CT molecular complexity index is 919. The number of ketones is 1. The number of aliphatic imine (C=N–C) groups is 1. The minimum atomic E-state index is -0.466. The maximum atomic E-state index is 13.2. The Morgan fingerprint density at radius 1 is 1.14 bits per heavy atom. The van der Waals surface area contributed by atoms with Crippen molar-refractivity contribution >= 4 is 28.6 Å². The number of carbonyl (C=O) groups excluding carboxylic acids is 2. The summed E-state index contributed by atoms with van der Waals surface area (Å²) in [5.74, 6) is 1.97. The van der Waals surface area contributed by atoms with E-state index in [-0.39, 0.29) is 17.1 Å². The van der Waals surface area contributed by atoms with Crippen LogP contribution in [0, 0.1) is 5.41 Å². The van der Waals surface area contributed by atoms with Crippen LogP contribution in [0.25, 0.3) is 0 Å². The molecule has 0 aromatic heterocycles. The number of nitrogens with zero attached hydrogens (tertiary/aromatic N) is 2. The van der Waals surface area contributed by atoms with E-state index < -0.39 is 6.04 Å². The van der Waals surface area contributed by atoms with Crippen molar-refractivity contribution in [2.75, 3.05) is 20.0 Å². The Hall–Kier alpha value is -2.28. The Morgan fingerprint density at radius 3 is 2.61 bits per heavy atom. The van der Waals surface area contributed by atoms with Crippen LogP contribution in [-0.2, 0) is 9.59 Å². The molecule has 4 rings (SSSR count). The molecule has 28 heavy (non-hydrogen) atoms. The Balaban J connectivity index is 1.89. The molecule has 1 fully saturated rings. The van der Waals surface area contributed by atoms with Crippen molar-refractivity contribution in [3.8, 4) is 11.5 Å². The number of methoxy groups -OCH3 is 2. The van der Waals surface area contributed by atoms with E-state index in [9.17, 15) is 9.59 Å². The first-order valence-corrected chi connectivity index (χ1v) is 10.3. The van der Waals surface area contributed by atoms with Gasteiger partial charge in [0, 0.05) is 24.2 Å². The Morgan fingerprint density at radius 2 is 1.89 bits per heavy atom. The molecule has 0 N–H and O–H groups in total. The summed E-state index contributed by atoms with van der Waals surface area (Å²) in [7, 11) is 3.16. The van der Waals surface area contributed by atoms with Crippen LogP contribution in [0.15, 0.2) is 34.5 Å². The van der Waals surface area contributed by atoms with Gasteiger partial charge in [0.2, 0.25) is 5.91 Å². The van der Waals surface area contributed by atoms with Gasteiger partial charge in [0.25, 0.3) is 0 Å². The molecule has 1 unspecified atom stereocenters. The number of amidine groups is 1. The molecule has 0 bridgehead atoms. The lowest BCUT2D eigenvalue weighted by atomic mass is 9.73. The number of allylic oxidation sites excluding steroid dienone is 1. The van der Waals surface area contributed by atoms with E-state index in [1.165, 1.54) is 0 Å². The van der Waals surface area contributed by atoms with E-state index in [0.717, 1.165) is 17.7 Å². The molecule has 0 spiro atoms. The molecule has 0 saturated carbocycles. The van der Waals surface area contributed by atoms with E-state index >= 15 is 0 Å². The lowest BCUT2D eigenvalue weighted by Crippen LogP contribution is -2.47. The number of carbonyl (C=O) groups is 2. The third-order valence-electron chi connectivity index (χ3n) is 5.40. The van der Waals surface area contributed by atoms with Crippen LogP contribution in [0.1, 0.15) is 44.7 Å². The molecule has 1 saturated heterocycles. The molecule has 148 valence electrons. The highest BCUT2D eigenvalue weighted by atomic mass is 32.2. The zero-order valence-electron chi connectivity index (χ0n) is 16.6. The lowest BCUT2D eigenvalue weighted by Gasteiger charge is -2.43. The van der Waals surface area contributed by atoms with E-state index in [0.29, 0.717) is 40.8 Å². The minimum absolute atomic E-state index is 0.00136. The predicted octanol–water partition coefficient (Wildman–Crippen LogP) is 3.72. The average Bonchev–Trinajstić information content (AvgIpc) is 2.65. The van der Waals surface area contributed by atoms with Crippen LogP contribution < -0.4 is 9.47 Å². The molecule has 1 aromatic carbocycles. The van der Waals surface area contributed by atoms with Gasteiger partial charge in [0.15, 0.2) is 22.4 Å². The highest BCUT2D eigenvalue weighted by molar-refractivity contribution is 8.14. The van der Waals surface area contributed by atoms with E-state index in [1.54, 1.807) is 30.9 Å². The molecular formula is C21H24N2O4S. The molecule has 7 heteroatoms. The van der Waals surface area contributed by atoms with Crippen LogP contribution in [0.5, 0.6) is 11.5 Å². The van der Waals surface area contributed by atoms with E-state index in [1.807, 2.05) is 18.2 Å². The number of rotatable bonds is 3. The molecule has 1 atom stereocenters. The summed E-state index contributed by atoms with van der Waals surface area (Å²) >= 11 is 1.58. The number of thioether (sulfide) groups is 1. The normalized spacial score (nSPS) is 23.8. The summed E-state index contributed by atoms with van der Waals surface area (Å²) in [6.45, 7) is 4.18. The maximum Gasteiger partial charge on any atom is 0.230 e. The van der Waals surface area contributed by atoms with Gasteiger partial charge in [0.05, 0.1) is 26.0 Å². The fourth-order valence-electron chi connectivity index (χ4n) is 4.16. The maximum absolute atomic E-state index is 13.2. The van der Waals surface area contributed by atoms with Gasteiger partial charge in [0.1, 0.15) is 0 Å². The van der Waals surface area contributed by atoms with Crippen molar-refractivity contribution in [3.63, 3.8) is 0 Å². The van der Waals surface area contributed by atoms with Gasteiger partial charge in [-0.15, -0.1) is 0 Å². The van der Waals surface area contributed by atoms with Gasteiger partial charge >= 0.3 is 0 Å². The number of fused-ring (bicyclic) bond motifs is 1. The highest BCUT2D eigenvalue weighted by Gasteiger charge is 2.45. The van der Waals surface area contributed by atoms with Crippen molar-refractivity contribution in [1.82, 2.24) is 4.90 Å². The van der Waals surface area contributed by atoms with Crippen molar-refractivity contribution < 1.29 is 19.1 Å². The molecule has 0 radical (unpaired) electrons.